The Kier molecular flexibility index (Phi) is 5.55. The van der Waals surface area contributed by atoms with Gasteiger partial charge in [-0.25, -0.2) is 9.38 Å². The van der Waals surface area contributed by atoms with Crippen LogP contribution in [0.4, 0.5) is 21.5 Å². The minimum absolute atomic E-state index is 0.123. The Bertz CT molecular complexity index is 1150. The van der Waals surface area contributed by atoms with Gasteiger partial charge in [0, 0.05) is 66.8 Å². The monoisotopic (exact) mass is 425 g/mol. The zero-order chi connectivity index (χ0) is 22.3. The predicted molar refractivity (Wildman–Crippen MR) is 122 cm³/mol. The summed E-state index contributed by atoms with van der Waals surface area (Å²) in [6.07, 6.45) is 1.71. The van der Waals surface area contributed by atoms with Gasteiger partial charge < -0.3 is 26.8 Å². The predicted octanol–water partition coefficient (Wildman–Crippen LogP) is 2.01. The number of anilines is 2. The molecule has 1 saturated heterocycles. The number of halogens is 1. The maximum absolute atomic E-state index is 14.4. The van der Waals surface area contributed by atoms with Gasteiger partial charge >= 0.3 is 0 Å². The third-order valence-electron chi connectivity index (χ3n) is 5.50. The Hall–Kier alpha value is -3.17. The molecule has 0 amide bonds. The van der Waals surface area contributed by atoms with E-state index in [-0.39, 0.29) is 18.0 Å². The normalized spacial score (nSPS) is 19.9. The third kappa shape index (κ3) is 4.19. The molecule has 6 N–H and O–H groups in total. The average molecular weight is 426 g/mol. The average Bonchev–Trinajstić information content (AvgIpc) is 3.07. The van der Waals surface area contributed by atoms with Crippen LogP contribution in [0.1, 0.15) is 25.0 Å². The summed E-state index contributed by atoms with van der Waals surface area (Å²) in [4.78, 5) is 6.63. The molecule has 0 saturated carbocycles. The molecule has 2 aromatic carbocycles. The maximum Gasteiger partial charge on any atom is 0.153 e. The van der Waals surface area contributed by atoms with Crippen LogP contribution in [0.2, 0.25) is 0 Å². The van der Waals surface area contributed by atoms with E-state index in [1.807, 2.05) is 12.1 Å². The van der Waals surface area contributed by atoms with Crippen LogP contribution in [-0.4, -0.2) is 45.9 Å². The Morgan fingerprint density at radius 1 is 1.26 bits per heavy atom. The van der Waals surface area contributed by atoms with Crippen LogP contribution in [0, 0.1) is 5.82 Å². The van der Waals surface area contributed by atoms with Crippen LogP contribution in [0.5, 0.6) is 0 Å². The first-order valence-electron chi connectivity index (χ1n) is 10.3. The summed E-state index contributed by atoms with van der Waals surface area (Å²) in [5, 5.41) is 18.2. The van der Waals surface area contributed by atoms with Crippen molar-refractivity contribution in [2.45, 2.75) is 32.5 Å². The van der Waals surface area contributed by atoms with Gasteiger partial charge in [0.1, 0.15) is 11.4 Å². The Morgan fingerprint density at radius 3 is 2.65 bits per heavy atom. The first-order chi connectivity index (χ1) is 14.7. The van der Waals surface area contributed by atoms with Crippen LogP contribution in [0.3, 0.4) is 0 Å². The highest BCUT2D eigenvalue weighted by Crippen LogP contribution is 2.29. The minimum Gasteiger partial charge on any atom is -0.398 e. The highest BCUT2D eigenvalue weighted by molar-refractivity contribution is 6.05. The van der Waals surface area contributed by atoms with E-state index in [2.05, 4.69) is 34.2 Å². The Labute approximate surface area is 180 Å². The molecule has 2 unspecified atom stereocenters. The van der Waals surface area contributed by atoms with Gasteiger partial charge in [0.25, 0.3) is 0 Å². The van der Waals surface area contributed by atoms with Crippen molar-refractivity contribution in [2.75, 3.05) is 23.7 Å². The summed E-state index contributed by atoms with van der Waals surface area (Å²) in [6.45, 7) is 5.70. The molecule has 1 aliphatic heterocycles. The number of nitrogens with one attached hydrogen (secondary N) is 1. The summed E-state index contributed by atoms with van der Waals surface area (Å²) >= 11 is 0. The van der Waals surface area contributed by atoms with Gasteiger partial charge in [-0.3, -0.25) is 4.68 Å². The second-order valence-corrected chi connectivity index (χ2v) is 8.27. The molecule has 1 aromatic heterocycles. The SMILES string of the molecule is CC1CN(c2cc(N)c(C(N)=Nc3cc(F)c4nn(C)cc4c3)c(CO)c2)CC(C)N1. The number of hydrogen-bond donors (Lipinski definition) is 4. The standard InChI is InChI=1S/C22H28FN7O/c1-12-8-30(9-13(2)26-12)17-5-15(11-31)20(19(24)7-17)22(25)27-16-4-14-10-29(3)28-21(14)18(23)6-16/h4-7,10,12-13,26,31H,8-9,11,24H2,1-3H3,(H2,25,27). The minimum atomic E-state index is -0.475. The second kappa shape index (κ2) is 8.16. The number of piperazine rings is 1. The molecule has 4 rings (SSSR count). The molecule has 2 atom stereocenters. The number of aliphatic hydroxyl groups is 1. The fourth-order valence-corrected chi connectivity index (χ4v) is 4.32. The zero-order valence-corrected chi connectivity index (χ0v) is 17.9. The van der Waals surface area contributed by atoms with Crippen molar-refractivity contribution in [3.05, 3.63) is 47.4 Å². The van der Waals surface area contributed by atoms with Crippen molar-refractivity contribution in [2.24, 2.45) is 17.8 Å². The van der Waals surface area contributed by atoms with Crippen molar-refractivity contribution in [3.63, 3.8) is 0 Å². The number of aromatic nitrogens is 2. The molecule has 1 aliphatic rings. The Balaban J connectivity index is 1.71. The molecule has 0 radical (unpaired) electrons. The van der Waals surface area contributed by atoms with Crippen molar-refractivity contribution < 1.29 is 9.50 Å². The van der Waals surface area contributed by atoms with Crippen LogP contribution < -0.4 is 21.7 Å². The summed E-state index contributed by atoms with van der Waals surface area (Å²) in [5.41, 5.74) is 15.7. The molecule has 0 aliphatic carbocycles. The first-order valence-corrected chi connectivity index (χ1v) is 10.3. The van der Waals surface area contributed by atoms with E-state index in [1.165, 1.54) is 6.07 Å². The molecule has 0 bridgehead atoms. The molecule has 3 aromatic rings. The largest absolute Gasteiger partial charge is 0.398 e. The van der Waals surface area contributed by atoms with E-state index in [9.17, 15) is 9.50 Å². The number of nitrogen functional groups attached to an aromatic ring is 1. The fourth-order valence-electron chi connectivity index (χ4n) is 4.32. The number of aryl methyl sites for hydroxylation is 1. The molecule has 164 valence electrons. The highest BCUT2D eigenvalue weighted by atomic mass is 19.1. The van der Waals surface area contributed by atoms with Gasteiger partial charge in [-0.15, -0.1) is 0 Å². The lowest BCUT2D eigenvalue weighted by atomic mass is 10.0. The highest BCUT2D eigenvalue weighted by Gasteiger charge is 2.23. The number of nitrogens with zero attached hydrogens (tertiary/aromatic N) is 4. The lowest BCUT2D eigenvalue weighted by Gasteiger charge is -2.38. The number of benzene rings is 2. The number of aliphatic imine (C=N–C) groups is 1. The van der Waals surface area contributed by atoms with Crippen molar-refractivity contribution in [1.82, 2.24) is 15.1 Å². The molecule has 2 heterocycles. The van der Waals surface area contributed by atoms with Gasteiger partial charge in [0.2, 0.25) is 0 Å². The lowest BCUT2D eigenvalue weighted by molar-refractivity contribution is 0.281. The van der Waals surface area contributed by atoms with Crippen molar-refractivity contribution in [1.29, 1.82) is 0 Å². The lowest BCUT2D eigenvalue weighted by Crippen LogP contribution is -2.54. The number of nitrogens with two attached hydrogens (primary N) is 2. The quantitative estimate of drug-likeness (QED) is 0.289. The van der Waals surface area contributed by atoms with E-state index in [1.54, 1.807) is 24.0 Å². The van der Waals surface area contributed by atoms with Gasteiger partial charge in [-0.1, -0.05) is 0 Å². The third-order valence-corrected chi connectivity index (χ3v) is 5.50. The summed E-state index contributed by atoms with van der Waals surface area (Å²) in [5.74, 6) is -0.352. The zero-order valence-electron chi connectivity index (χ0n) is 17.9. The number of fused-ring (bicyclic) bond motifs is 1. The van der Waals surface area contributed by atoms with E-state index < -0.39 is 5.82 Å². The van der Waals surface area contributed by atoms with Gasteiger partial charge in [0.15, 0.2) is 5.82 Å². The van der Waals surface area contributed by atoms with Gasteiger partial charge in [0.05, 0.1) is 12.3 Å². The van der Waals surface area contributed by atoms with Crippen LogP contribution in [-0.2, 0) is 13.7 Å². The Morgan fingerprint density at radius 2 is 1.97 bits per heavy atom. The molecule has 0 spiro atoms. The van der Waals surface area contributed by atoms with Gasteiger partial charge in [-0.2, -0.15) is 5.10 Å². The van der Waals surface area contributed by atoms with E-state index in [0.29, 0.717) is 40.0 Å². The van der Waals surface area contributed by atoms with Crippen LogP contribution >= 0.6 is 0 Å². The van der Waals surface area contributed by atoms with E-state index in [4.69, 9.17) is 11.5 Å². The molecule has 1 fully saturated rings. The smallest absolute Gasteiger partial charge is 0.153 e. The summed E-state index contributed by atoms with van der Waals surface area (Å²) in [6, 6.07) is 7.42. The van der Waals surface area contributed by atoms with Crippen molar-refractivity contribution >= 4 is 33.8 Å². The first kappa shape index (κ1) is 21.1. The maximum atomic E-state index is 14.4. The number of hydrogen-bond acceptors (Lipinski definition) is 6. The fraction of sp³-hybridized carbons (Fsp3) is 0.364. The number of rotatable bonds is 4. The topological polar surface area (TPSA) is 118 Å². The van der Waals surface area contributed by atoms with Crippen molar-refractivity contribution in [3.8, 4) is 0 Å². The molecular weight excluding hydrogens is 397 g/mol. The van der Waals surface area contributed by atoms with Crippen LogP contribution in [0.25, 0.3) is 10.9 Å². The summed E-state index contributed by atoms with van der Waals surface area (Å²) in [7, 11) is 1.73. The molecule has 9 heteroatoms. The van der Waals surface area contributed by atoms with Gasteiger partial charge in [-0.05, 0) is 37.6 Å². The van der Waals surface area contributed by atoms with Crippen LogP contribution in [0.15, 0.2) is 35.5 Å². The summed E-state index contributed by atoms with van der Waals surface area (Å²) < 4.78 is 15.9. The number of aliphatic hydroxyl groups excluding tert-OH is 1. The molecule has 8 nitrogen and oxygen atoms in total. The molecule has 31 heavy (non-hydrogen) atoms. The second-order valence-electron chi connectivity index (χ2n) is 8.27. The van der Waals surface area contributed by atoms with E-state index >= 15 is 0 Å². The number of amidine groups is 1. The van der Waals surface area contributed by atoms with E-state index in [0.717, 1.165) is 18.8 Å². The molecular formula is C22H28FN7O.